The van der Waals surface area contributed by atoms with E-state index in [1.165, 1.54) is 11.3 Å². The maximum absolute atomic E-state index is 13.3. The van der Waals surface area contributed by atoms with Gasteiger partial charge in [0, 0.05) is 17.6 Å². The maximum Gasteiger partial charge on any atom is 0.261 e. The van der Waals surface area contributed by atoms with Gasteiger partial charge in [-0.05, 0) is 49.2 Å². The predicted octanol–water partition coefficient (Wildman–Crippen LogP) is 5.30. The first-order valence-electron chi connectivity index (χ1n) is 9.43. The molecule has 1 aliphatic rings. The number of amides is 1. The Labute approximate surface area is 178 Å². The average Bonchev–Trinajstić information content (AvgIpc) is 3.44. The van der Waals surface area contributed by atoms with Gasteiger partial charge in [0.05, 0.1) is 36.0 Å². The summed E-state index contributed by atoms with van der Waals surface area (Å²) in [6.45, 7) is 1.19. The van der Waals surface area contributed by atoms with Crippen molar-refractivity contribution in [2.75, 3.05) is 25.2 Å². The molecule has 0 radical (unpaired) electrons. The normalized spacial score (nSPS) is 16.0. The molecule has 1 aliphatic heterocycles. The van der Waals surface area contributed by atoms with Gasteiger partial charge in [0.1, 0.15) is 5.75 Å². The number of anilines is 1. The van der Waals surface area contributed by atoms with Gasteiger partial charge in [0.2, 0.25) is 0 Å². The third kappa shape index (κ3) is 4.45. The Hall–Kier alpha value is -2.41. The number of carbonyl (C=O) groups excluding carboxylic acids is 1. The summed E-state index contributed by atoms with van der Waals surface area (Å²) in [7, 11) is 1.64. The number of thiazole rings is 1. The van der Waals surface area contributed by atoms with Crippen LogP contribution in [0.5, 0.6) is 5.75 Å². The van der Waals surface area contributed by atoms with Crippen LogP contribution in [0.3, 0.4) is 0 Å². The molecule has 0 bridgehead atoms. The molecular formula is C22H21ClN2O3S. The number of benzene rings is 2. The second-order valence-electron chi connectivity index (χ2n) is 6.77. The van der Waals surface area contributed by atoms with E-state index >= 15 is 0 Å². The van der Waals surface area contributed by atoms with Crippen LogP contribution in [0.4, 0.5) is 5.13 Å². The minimum absolute atomic E-state index is 0.00905. The van der Waals surface area contributed by atoms with Gasteiger partial charge in [-0.1, -0.05) is 23.7 Å². The highest BCUT2D eigenvalue weighted by Gasteiger charge is 2.27. The molecule has 150 valence electrons. The second-order valence-corrected chi connectivity index (χ2v) is 8.02. The largest absolute Gasteiger partial charge is 0.497 e. The van der Waals surface area contributed by atoms with Crippen LogP contribution >= 0.6 is 22.9 Å². The molecule has 1 saturated heterocycles. The molecule has 1 aromatic heterocycles. The van der Waals surface area contributed by atoms with E-state index in [0.717, 1.165) is 36.5 Å². The molecule has 0 aliphatic carbocycles. The fourth-order valence-electron chi connectivity index (χ4n) is 3.30. The summed E-state index contributed by atoms with van der Waals surface area (Å²) in [5.41, 5.74) is 2.25. The van der Waals surface area contributed by atoms with Crippen molar-refractivity contribution < 1.29 is 14.3 Å². The van der Waals surface area contributed by atoms with E-state index in [0.29, 0.717) is 22.3 Å². The summed E-state index contributed by atoms with van der Waals surface area (Å²) >= 11 is 7.73. The van der Waals surface area contributed by atoms with Crippen LogP contribution in [-0.2, 0) is 4.74 Å². The molecule has 4 rings (SSSR count). The predicted molar refractivity (Wildman–Crippen MR) is 116 cm³/mol. The van der Waals surface area contributed by atoms with E-state index in [2.05, 4.69) is 0 Å². The lowest BCUT2D eigenvalue weighted by molar-refractivity contribution is 0.0917. The molecule has 0 unspecified atom stereocenters. The van der Waals surface area contributed by atoms with Crippen LogP contribution in [0.1, 0.15) is 23.2 Å². The Morgan fingerprint density at radius 3 is 2.76 bits per heavy atom. The summed E-state index contributed by atoms with van der Waals surface area (Å²) in [6, 6.07) is 14.8. The molecule has 1 fully saturated rings. The standard InChI is InChI=1S/C22H21ClN2O3S/c1-27-16-10-8-15(9-11-16)20-14-29-22(24-20)25(13-17-5-4-12-28-17)21(26)18-6-2-3-7-19(18)23/h2-3,6-11,14,17H,4-5,12-13H2,1H3/t17-/m1/s1. The van der Waals surface area contributed by atoms with Gasteiger partial charge in [-0.3, -0.25) is 9.69 Å². The van der Waals surface area contributed by atoms with E-state index in [9.17, 15) is 4.79 Å². The molecule has 0 saturated carbocycles. The molecular weight excluding hydrogens is 408 g/mol. The molecule has 2 heterocycles. The summed E-state index contributed by atoms with van der Waals surface area (Å²) in [4.78, 5) is 19.7. The molecule has 29 heavy (non-hydrogen) atoms. The molecule has 0 N–H and O–H groups in total. The van der Waals surface area contributed by atoms with Crippen LogP contribution < -0.4 is 9.64 Å². The number of nitrogens with zero attached hydrogens (tertiary/aromatic N) is 2. The second kappa shape index (κ2) is 8.95. The number of aromatic nitrogens is 1. The maximum atomic E-state index is 13.3. The van der Waals surface area contributed by atoms with Crippen molar-refractivity contribution in [1.82, 2.24) is 4.98 Å². The van der Waals surface area contributed by atoms with Gasteiger partial charge in [-0.2, -0.15) is 0 Å². The lowest BCUT2D eigenvalue weighted by Crippen LogP contribution is -2.37. The topological polar surface area (TPSA) is 51.7 Å². The highest BCUT2D eigenvalue weighted by molar-refractivity contribution is 7.14. The smallest absolute Gasteiger partial charge is 0.261 e. The van der Waals surface area contributed by atoms with Crippen molar-refractivity contribution in [2.24, 2.45) is 0 Å². The lowest BCUT2D eigenvalue weighted by atomic mass is 10.1. The Kier molecular flexibility index (Phi) is 6.13. The van der Waals surface area contributed by atoms with E-state index in [1.807, 2.05) is 41.8 Å². The first kappa shape index (κ1) is 19.9. The fraction of sp³-hybridized carbons (Fsp3) is 0.273. The van der Waals surface area contributed by atoms with Gasteiger partial charge in [0.15, 0.2) is 5.13 Å². The summed E-state index contributed by atoms with van der Waals surface area (Å²) < 4.78 is 11.0. The quantitative estimate of drug-likeness (QED) is 0.534. The molecule has 3 aromatic rings. The van der Waals surface area contributed by atoms with Crippen molar-refractivity contribution >= 4 is 34.0 Å². The molecule has 0 spiro atoms. The SMILES string of the molecule is COc1ccc(-c2csc(N(C[C@H]3CCCO3)C(=O)c3ccccc3Cl)n2)cc1. The monoisotopic (exact) mass is 428 g/mol. The summed E-state index contributed by atoms with van der Waals surface area (Å²) in [6.07, 6.45) is 1.95. The molecule has 2 aromatic carbocycles. The Morgan fingerprint density at radius 2 is 2.07 bits per heavy atom. The zero-order valence-corrected chi connectivity index (χ0v) is 17.6. The number of methoxy groups -OCH3 is 1. The van der Waals surface area contributed by atoms with Gasteiger partial charge < -0.3 is 9.47 Å². The Balaban J connectivity index is 1.64. The number of rotatable bonds is 6. The minimum Gasteiger partial charge on any atom is -0.497 e. The minimum atomic E-state index is -0.165. The number of halogens is 1. The van der Waals surface area contributed by atoms with E-state index in [1.54, 1.807) is 24.1 Å². The highest BCUT2D eigenvalue weighted by Crippen LogP contribution is 2.31. The third-order valence-corrected chi connectivity index (χ3v) is 6.06. The van der Waals surface area contributed by atoms with Crippen molar-refractivity contribution in [2.45, 2.75) is 18.9 Å². The molecule has 1 atom stereocenters. The van der Waals surface area contributed by atoms with Crippen LogP contribution in [0, 0.1) is 0 Å². The van der Waals surface area contributed by atoms with E-state index in [4.69, 9.17) is 26.1 Å². The van der Waals surface area contributed by atoms with Crippen LogP contribution in [0.2, 0.25) is 5.02 Å². The van der Waals surface area contributed by atoms with Crippen LogP contribution in [-0.4, -0.2) is 37.3 Å². The van der Waals surface area contributed by atoms with Gasteiger partial charge in [-0.25, -0.2) is 4.98 Å². The fourth-order valence-corrected chi connectivity index (χ4v) is 4.36. The number of hydrogen-bond acceptors (Lipinski definition) is 5. The van der Waals surface area contributed by atoms with Crippen molar-refractivity contribution in [3.63, 3.8) is 0 Å². The zero-order chi connectivity index (χ0) is 20.2. The van der Waals surface area contributed by atoms with Crippen molar-refractivity contribution in [3.05, 3.63) is 64.5 Å². The highest BCUT2D eigenvalue weighted by atomic mass is 35.5. The van der Waals surface area contributed by atoms with Gasteiger partial charge in [-0.15, -0.1) is 11.3 Å². The Bertz CT molecular complexity index is 984. The van der Waals surface area contributed by atoms with Crippen LogP contribution in [0.15, 0.2) is 53.9 Å². The lowest BCUT2D eigenvalue weighted by Gasteiger charge is -2.23. The molecule has 7 heteroatoms. The average molecular weight is 429 g/mol. The molecule has 5 nitrogen and oxygen atoms in total. The van der Waals surface area contributed by atoms with Crippen LogP contribution in [0.25, 0.3) is 11.3 Å². The first-order chi connectivity index (χ1) is 14.2. The zero-order valence-electron chi connectivity index (χ0n) is 16.0. The van der Waals surface area contributed by atoms with Gasteiger partial charge in [0.25, 0.3) is 5.91 Å². The number of ether oxygens (including phenoxy) is 2. The van der Waals surface area contributed by atoms with Crippen molar-refractivity contribution in [3.8, 4) is 17.0 Å². The van der Waals surface area contributed by atoms with Gasteiger partial charge >= 0.3 is 0 Å². The number of carbonyl (C=O) groups is 1. The summed E-state index contributed by atoms with van der Waals surface area (Å²) in [5, 5.41) is 3.03. The summed E-state index contributed by atoms with van der Waals surface area (Å²) in [5.74, 6) is 0.625. The third-order valence-electron chi connectivity index (χ3n) is 4.87. The van der Waals surface area contributed by atoms with Crippen molar-refractivity contribution in [1.29, 1.82) is 0 Å². The number of hydrogen-bond donors (Lipinski definition) is 0. The van der Waals surface area contributed by atoms with E-state index < -0.39 is 0 Å². The van der Waals surface area contributed by atoms with E-state index in [-0.39, 0.29) is 12.0 Å². The first-order valence-corrected chi connectivity index (χ1v) is 10.7. The molecule has 1 amide bonds. The Morgan fingerprint density at radius 1 is 1.28 bits per heavy atom.